The monoisotopic (exact) mass is 344 g/mol. The zero-order chi connectivity index (χ0) is 17.8. The first-order valence-electron chi connectivity index (χ1n) is 7.93. The number of carbonyl (C=O) groups is 1. The molecule has 1 aromatic heterocycles. The van der Waals surface area contributed by atoms with E-state index < -0.39 is 0 Å². The van der Waals surface area contributed by atoms with Gasteiger partial charge in [-0.3, -0.25) is 4.79 Å². The van der Waals surface area contributed by atoms with Crippen LogP contribution < -0.4 is 0 Å². The summed E-state index contributed by atoms with van der Waals surface area (Å²) in [6.45, 7) is 6.28. The number of rotatable bonds is 7. The van der Waals surface area contributed by atoms with Gasteiger partial charge in [0.25, 0.3) is 0 Å². The van der Waals surface area contributed by atoms with E-state index in [0.717, 1.165) is 5.56 Å². The number of benzene rings is 1. The van der Waals surface area contributed by atoms with Crippen LogP contribution in [0.5, 0.6) is 0 Å². The topological polar surface area (TPSA) is 52.1 Å². The molecule has 0 aliphatic rings. The van der Waals surface area contributed by atoms with Crippen LogP contribution in [0.2, 0.25) is 0 Å². The van der Waals surface area contributed by atoms with E-state index in [1.165, 1.54) is 11.8 Å². The molecule has 4 nitrogen and oxygen atoms in total. The van der Waals surface area contributed by atoms with Gasteiger partial charge in [-0.15, -0.1) is 0 Å². The number of hydrogen-bond donors (Lipinski definition) is 0. The highest BCUT2D eigenvalue weighted by atomic mass is 32.2. The predicted molar refractivity (Wildman–Crippen MR) is 99.9 cm³/mol. The third-order valence-corrected chi connectivity index (χ3v) is 3.59. The summed E-state index contributed by atoms with van der Waals surface area (Å²) in [5.74, 6) is -0.0795. The molecule has 0 spiro atoms. The second-order valence-corrected chi connectivity index (χ2v) is 5.31. The van der Waals surface area contributed by atoms with Crippen molar-refractivity contribution in [3.63, 3.8) is 0 Å². The molecular formula is C19H24N2O2S. The molecule has 1 aromatic carbocycles. The van der Waals surface area contributed by atoms with E-state index in [0.29, 0.717) is 23.0 Å². The summed E-state index contributed by atoms with van der Waals surface area (Å²) in [5.41, 5.74) is 2.24. The third kappa shape index (κ3) is 6.26. The van der Waals surface area contributed by atoms with Crippen molar-refractivity contribution in [1.29, 1.82) is 0 Å². The van der Waals surface area contributed by atoms with Gasteiger partial charge < -0.3 is 4.74 Å². The van der Waals surface area contributed by atoms with Crippen LogP contribution >= 0.6 is 11.8 Å². The molecule has 0 fully saturated rings. The van der Waals surface area contributed by atoms with E-state index in [1.807, 2.05) is 57.4 Å². The SMILES string of the molecule is C/C=C(/C(=O)COCc1ccccc1)c1ccnc(SC)n1.CC. The summed E-state index contributed by atoms with van der Waals surface area (Å²) in [4.78, 5) is 20.8. The molecule has 0 saturated carbocycles. The van der Waals surface area contributed by atoms with Gasteiger partial charge in [0.2, 0.25) is 0 Å². The Morgan fingerprint density at radius 2 is 1.92 bits per heavy atom. The molecule has 128 valence electrons. The predicted octanol–water partition coefficient (Wildman–Crippen LogP) is 4.41. The van der Waals surface area contributed by atoms with Crippen LogP contribution in [0.4, 0.5) is 0 Å². The zero-order valence-corrected chi connectivity index (χ0v) is 15.5. The molecule has 0 saturated heterocycles. The number of aromatic nitrogens is 2. The first-order valence-corrected chi connectivity index (χ1v) is 9.15. The van der Waals surface area contributed by atoms with Gasteiger partial charge >= 0.3 is 0 Å². The van der Waals surface area contributed by atoms with Crippen molar-refractivity contribution in [3.05, 3.63) is 59.9 Å². The van der Waals surface area contributed by atoms with Gasteiger partial charge in [0.1, 0.15) is 6.61 Å². The van der Waals surface area contributed by atoms with Gasteiger partial charge in [-0.1, -0.05) is 62.0 Å². The van der Waals surface area contributed by atoms with Crippen molar-refractivity contribution in [2.75, 3.05) is 12.9 Å². The summed E-state index contributed by atoms with van der Waals surface area (Å²) in [5, 5.41) is 0.648. The van der Waals surface area contributed by atoms with Crippen LogP contribution in [0.3, 0.4) is 0 Å². The smallest absolute Gasteiger partial charge is 0.190 e. The van der Waals surface area contributed by atoms with Gasteiger partial charge in [0.05, 0.1) is 12.3 Å². The highest BCUT2D eigenvalue weighted by Crippen LogP contribution is 2.16. The Labute approximate surface area is 148 Å². The van der Waals surface area contributed by atoms with Crippen molar-refractivity contribution >= 4 is 23.1 Å². The van der Waals surface area contributed by atoms with E-state index in [9.17, 15) is 4.79 Å². The molecule has 0 aliphatic carbocycles. The lowest BCUT2D eigenvalue weighted by molar-refractivity contribution is -0.118. The van der Waals surface area contributed by atoms with Gasteiger partial charge in [-0.05, 0) is 24.8 Å². The maximum absolute atomic E-state index is 12.3. The largest absolute Gasteiger partial charge is 0.369 e. The highest BCUT2D eigenvalue weighted by molar-refractivity contribution is 7.98. The van der Waals surface area contributed by atoms with Crippen LogP contribution in [0.15, 0.2) is 53.8 Å². The Balaban J connectivity index is 0.00000139. The van der Waals surface area contributed by atoms with Gasteiger partial charge in [-0.2, -0.15) is 0 Å². The molecule has 5 heteroatoms. The fourth-order valence-electron chi connectivity index (χ4n) is 1.95. The number of Topliss-reactive ketones (excluding diaryl/α,β-unsaturated/α-hetero) is 1. The lowest BCUT2D eigenvalue weighted by Crippen LogP contribution is -2.12. The molecule has 0 atom stereocenters. The average Bonchev–Trinajstić information content (AvgIpc) is 2.65. The van der Waals surface area contributed by atoms with Crippen LogP contribution in [0.1, 0.15) is 32.0 Å². The molecular weight excluding hydrogens is 320 g/mol. The van der Waals surface area contributed by atoms with Gasteiger partial charge in [0.15, 0.2) is 10.9 Å². The van der Waals surface area contributed by atoms with Crippen LogP contribution in [-0.4, -0.2) is 28.6 Å². The van der Waals surface area contributed by atoms with Crippen LogP contribution in [-0.2, 0) is 16.1 Å². The molecule has 2 aromatic rings. The number of ether oxygens (including phenoxy) is 1. The Morgan fingerprint density at radius 3 is 2.54 bits per heavy atom. The van der Waals surface area contributed by atoms with E-state index in [1.54, 1.807) is 18.3 Å². The quantitative estimate of drug-likeness (QED) is 0.423. The Kier molecular flexibility index (Phi) is 9.65. The zero-order valence-electron chi connectivity index (χ0n) is 14.7. The second kappa shape index (κ2) is 11.5. The first kappa shape index (κ1) is 20.1. The molecule has 0 bridgehead atoms. The maximum atomic E-state index is 12.3. The Morgan fingerprint density at radius 1 is 1.21 bits per heavy atom. The van der Waals surface area contributed by atoms with Crippen molar-refractivity contribution in [3.8, 4) is 0 Å². The lowest BCUT2D eigenvalue weighted by atomic mass is 10.1. The van der Waals surface area contributed by atoms with Crippen molar-refractivity contribution in [2.45, 2.75) is 32.5 Å². The van der Waals surface area contributed by atoms with E-state index in [2.05, 4.69) is 9.97 Å². The Hall–Kier alpha value is -1.98. The number of ketones is 1. The number of nitrogens with zero attached hydrogens (tertiary/aromatic N) is 2. The lowest BCUT2D eigenvalue weighted by Gasteiger charge is -2.07. The molecule has 0 N–H and O–H groups in total. The minimum atomic E-state index is -0.0795. The van der Waals surface area contributed by atoms with Crippen molar-refractivity contribution in [2.24, 2.45) is 0 Å². The minimum absolute atomic E-state index is 0.0349. The number of allylic oxidation sites excluding steroid dienone is 1. The second-order valence-electron chi connectivity index (χ2n) is 4.53. The van der Waals surface area contributed by atoms with Crippen molar-refractivity contribution in [1.82, 2.24) is 9.97 Å². The van der Waals surface area contributed by atoms with E-state index in [-0.39, 0.29) is 12.4 Å². The fourth-order valence-corrected chi connectivity index (χ4v) is 2.31. The molecule has 0 aliphatic heterocycles. The number of hydrogen-bond acceptors (Lipinski definition) is 5. The van der Waals surface area contributed by atoms with E-state index >= 15 is 0 Å². The summed E-state index contributed by atoms with van der Waals surface area (Å²) < 4.78 is 5.50. The summed E-state index contributed by atoms with van der Waals surface area (Å²) >= 11 is 1.45. The molecule has 0 radical (unpaired) electrons. The molecule has 1 heterocycles. The van der Waals surface area contributed by atoms with Crippen LogP contribution in [0.25, 0.3) is 5.57 Å². The maximum Gasteiger partial charge on any atom is 0.190 e. The normalized spacial score (nSPS) is 10.8. The Bertz CT molecular complexity index is 657. The third-order valence-electron chi connectivity index (χ3n) is 3.03. The van der Waals surface area contributed by atoms with Gasteiger partial charge in [-0.25, -0.2) is 9.97 Å². The van der Waals surface area contributed by atoms with Crippen molar-refractivity contribution < 1.29 is 9.53 Å². The standard InChI is InChI=1S/C17H18N2O2S.C2H6/c1-3-14(15-9-10-18-17(19-15)22-2)16(20)12-21-11-13-7-5-4-6-8-13;1-2/h3-10H,11-12H2,1-2H3;1-2H3/b14-3+;. The molecule has 24 heavy (non-hydrogen) atoms. The number of thioether (sulfide) groups is 1. The first-order chi connectivity index (χ1) is 11.7. The molecule has 0 amide bonds. The highest BCUT2D eigenvalue weighted by Gasteiger charge is 2.13. The summed E-state index contributed by atoms with van der Waals surface area (Å²) in [6.07, 6.45) is 5.33. The molecule has 0 unspecified atom stereocenters. The van der Waals surface area contributed by atoms with E-state index in [4.69, 9.17) is 4.74 Å². The average molecular weight is 344 g/mol. The van der Waals surface area contributed by atoms with Crippen LogP contribution in [0, 0.1) is 0 Å². The fraction of sp³-hybridized carbons (Fsp3) is 0.316. The number of carbonyl (C=O) groups excluding carboxylic acids is 1. The minimum Gasteiger partial charge on any atom is -0.369 e. The summed E-state index contributed by atoms with van der Waals surface area (Å²) in [6, 6.07) is 11.5. The van der Waals surface area contributed by atoms with Gasteiger partial charge in [0, 0.05) is 11.8 Å². The molecule has 2 rings (SSSR count). The summed E-state index contributed by atoms with van der Waals surface area (Å²) in [7, 11) is 0.